The fourth-order valence-electron chi connectivity index (χ4n) is 3.69. The Morgan fingerprint density at radius 3 is 2.78 bits per heavy atom. The van der Waals surface area contributed by atoms with E-state index in [1.165, 1.54) is 0 Å². The van der Waals surface area contributed by atoms with E-state index in [4.69, 9.17) is 0 Å². The molecule has 0 radical (unpaired) electrons. The van der Waals surface area contributed by atoms with Crippen molar-refractivity contribution in [2.75, 3.05) is 31.1 Å². The molecular weight excluding hydrogens is 342 g/mol. The Morgan fingerprint density at radius 1 is 1.11 bits per heavy atom. The number of nitrogens with one attached hydrogen (secondary N) is 1. The predicted molar refractivity (Wildman–Crippen MR) is 102 cm³/mol. The van der Waals surface area contributed by atoms with Gasteiger partial charge in [-0.2, -0.15) is 0 Å². The second-order valence-corrected chi connectivity index (χ2v) is 6.72. The van der Waals surface area contributed by atoms with Gasteiger partial charge in [-0.05, 0) is 13.0 Å². The third kappa shape index (κ3) is 2.52. The van der Waals surface area contributed by atoms with E-state index in [1.54, 1.807) is 12.4 Å². The second-order valence-electron chi connectivity index (χ2n) is 6.72. The molecule has 8 heteroatoms. The van der Waals surface area contributed by atoms with Crippen molar-refractivity contribution in [3.05, 3.63) is 54.2 Å². The van der Waals surface area contributed by atoms with Gasteiger partial charge in [0.1, 0.15) is 5.82 Å². The number of carbonyl (C=O) groups excluding carboxylic acids is 1. The summed E-state index contributed by atoms with van der Waals surface area (Å²) in [6, 6.07) is 7.88. The van der Waals surface area contributed by atoms with Gasteiger partial charge in [-0.15, -0.1) is 10.2 Å². The number of hydrogen-bond donors (Lipinski definition) is 1. The molecular formula is C19H19N7O. The lowest BCUT2D eigenvalue weighted by Crippen LogP contribution is -2.49. The largest absolute Gasteiger partial charge is 0.360 e. The topological polar surface area (TPSA) is 82.4 Å². The van der Waals surface area contributed by atoms with Crippen molar-refractivity contribution in [1.29, 1.82) is 0 Å². The third-order valence-corrected chi connectivity index (χ3v) is 5.16. The molecule has 27 heavy (non-hydrogen) atoms. The minimum absolute atomic E-state index is 0.0663. The summed E-state index contributed by atoms with van der Waals surface area (Å²) in [5.41, 5.74) is 2.47. The summed E-state index contributed by atoms with van der Waals surface area (Å²) in [5.74, 6) is 1.72. The van der Waals surface area contributed by atoms with Crippen molar-refractivity contribution >= 4 is 28.3 Å². The second kappa shape index (κ2) is 6.08. The zero-order valence-corrected chi connectivity index (χ0v) is 15.0. The Hall–Kier alpha value is -3.42. The van der Waals surface area contributed by atoms with Gasteiger partial charge in [0.25, 0.3) is 5.91 Å². The number of nitrogens with zero attached hydrogens (tertiary/aromatic N) is 6. The summed E-state index contributed by atoms with van der Waals surface area (Å²) in [6.45, 7) is 4.64. The average molecular weight is 361 g/mol. The molecule has 0 atom stereocenters. The quantitative estimate of drug-likeness (QED) is 0.589. The van der Waals surface area contributed by atoms with Crippen LogP contribution in [0.1, 0.15) is 16.2 Å². The standard InChI is InChI=1S/C19H19N7O/c1-13-22-23-18-17(20-6-7-26(13)18)24-8-10-25(11-9-24)19(27)15-12-21-16-5-3-2-4-14(15)16/h2-7,12,21H,8-11H2,1H3. The van der Waals surface area contributed by atoms with Crippen molar-refractivity contribution in [3.8, 4) is 0 Å². The van der Waals surface area contributed by atoms with Gasteiger partial charge >= 0.3 is 0 Å². The first kappa shape index (κ1) is 15.8. The molecule has 1 fully saturated rings. The number of H-pyrrole nitrogens is 1. The van der Waals surface area contributed by atoms with Crippen molar-refractivity contribution in [2.45, 2.75) is 6.92 Å². The average Bonchev–Trinajstić information content (AvgIpc) is 3.32. The summed E-state index contributed by atoms with van der Waals surface area (Å²) in [5, 5.41) is 9.35. The number of carbonyl (C=O) groups is 1. The van der Waals surface area contributed by atoms with Crippen LogP contribution in [0.2, 0.25) is 0 Å². The van der Waals surface area contributed by atoms with E-state index in [2.05, 4.69) is 25.1 Å². The number of hydrogen-bond acceptors (Lipinski definition) is 5. The van der Waals surface area contributed by atoms with E-state index in [1.807, 2.05) is 46.7 Å². The van der Waals surface area contributed by atoms with Crippen molar-refractivity contribution in [1.82, 2.24) is 29.5 Å². The van der Waals surface area contributed by atoms with E-state index < -0.39 is 0 Å². The number of para-hydroxylation sites is 1. The number of rotatable bonds is 2. The van der Waals surface area contributed by atoms with E-state index >= 15 is 0 Å². The zero-order chi connectivity index (χ0) is 18.4. The van der Waals surface area contributed by atoms with Gasteiger partial charge in [0, 0.05) is 55.7 Å². The molecule has 0 spiro atoms. The highest BCUT2D eigenvalue weighted by molar-refractivity contribution is 6.06. The summed E-state index contributed by atoms with van der Waals surface area (Å²) >= 11 is 0. The van der Waals surface area contributed by atoms with E-state index in [0.717, 1.165) is 33.8 Å². The number of aromatic amines is 1. The summed E-state index contributed by atoms with van der Waals surface area (Å²) in [4.78, 5) is 24.7. The highest BCUT2D eigenvalue weighted by Crippen LogP contribution is 2.22. The molecule has 0 unspecified atom stereocenters. The molecule has 5 rings (SSSR count). The van der Waals surface area contributed by atoms with Gasteiger partial charge in [0.15, 0.2) is 5.82 Å². The van der Waals surface area contributed by atoms with Crippen LogP contribution in [-0.2, 0) is 0 Å². The van der Waals surface area contributed by atoms with Crippen molar-refractivity contribution in [3.63, 3.8) is 0 Å². The molecule has 1 aliphatic rings. The fraction of sp³-hybridized carbons (Fsp3) is 0.263. The summed E-state index contributed by atoms with van der Waals surface area (Å²) < 4.78 is 1.94. The van der Waals surface area contributed by atoms with Crippen LogP contribution in [0.15, 0.2) is 42.9 Å². The molecule has 4 aromatic rings. The fourth-order valence-corrected chi connectivity index (χ4v) is 3.69. The van der Waals surface area contributed by atoms with Crippen LogP contribution in [0, 0.1) is 6.92 Å². The molecule has 0 aliphatic carbocycles. The number of fused-ring (bicyclic) bond motifs is 2. The molecule has 0 bridgehead atoms. The Kier molecular flexibility index (Phi) is 3.56. The van der Waals surface area contributed by atoms with E-state index in [-0.39, 0.29) is 5.91 Å². The number of benzene rings is 1. The summed E-state index contributed by atoms with van der Waals surface area (Å²) in [7, 11) is 0. The van der Waals surface area contributed by atoms with Crippen molar-refractivity contribution in [2.24, 2.45) is 0 Å². The smallest absolute Gasteiger partial charge is 0.256 e. The lowest BCUT2D eigenvalue weighted by molar-refractivity contribution is 0.0748. The number of anilines is 1. The van der Waals surface area contributed by atoms with Gasteiger partial charge in [-0.3, -0.25) is 9.20 Å². The first-order chi connectivity index (χ1) is 13.2. The van der Waals surface area contributed by atoms with Crippen LogP contribution in [-0.4, -0.2) is 61.6 Å². The molecule has 1 aromatic carbocycles. The number of piperazine rings is 1. The molecule has 0 saturated carbocycles. The lowest BCUT2D eigenvalue weighted by Gasteiger charge is -2.35. The minimum atomic E-state index is 0.0663. The van der Waals surface area contributed by atoms with Crippen LogP contribution >= 0.6 is 0 Å². The van der Waals surface area contributed by atoms with Gasteiger partial charge in [-0.1, -0.05) is 18.2 Å². The zero-order valence-electron chi connectivity index (χ0n) is 15.0. The minimum Gasteiger partial charge on any atom is -0.360 e. The van der Waals surface area contributed by atoms with E-state index in [0.29, 0.717) is 26.2 Å². The van der Waals surface area contributed by atoms with Gasteiger partial charge in [0.05, 0.1) is 5.56 Å². The van der Waals surface area contributed by atoms with Crippen LogP contribution in [0.4, 0.5) is 5.82 Å². The van der Waals surface area contributed by atoms with E-state index in [9.17, 15) is 4.79 Å². The Morgan fingerprint density at radius 2 is 1.93 bits per heavy atom. The first-order valence-corrected chi connectivity index (χ1v) is 8.99. The monoisotopic (exact) mass is 361 g/mol. The Labute approximate surface area is 155 Å². The van der Waals surface area contributed by atoms with Gasteiger partial charge < -0.3 is 14.8 Å². The number of amides is 1. The normalized spacial score (nSPS) is 15.0. The summed E-state index contributed by atoms with van der Waals surface area (Å²) in [6.07, 6.45) is 5.44. The van der Waals surface area contributed by atoms with Crippen LogP contribution in [0.25, 0.3) is 16.6 Å². The highest BCUT2D eigenvalue weighted by Gasteiger charge is 2.26. The number of aromatic nitrogens is 5. The molecule has 3 aromatic heterocycles. The molecule has 1 saturated heterocycles. The maximum atomic E-state index is 13.0. The van der Waals surface area contributed by atoms with Gasteiger partial charge in [-0.25, -0.2) is 4.98 Å². The highest BCUT2D eigenvalue weighted by atomic mass is 16.2. The third-order valence-electron chi connectivity index (χ3n) is 5.16. The predicted octanol–water partition coefficient (Wildman–Crippen LogP) is 1.88. The lowest BCUT2D eigenvalue weighted by atomic mass is 10.1. The molecule has 1 amide bonds. The molecule has 1 aliphatic heterocycles. The van der Waals surface area contributed by atoms with Gasteiger partial charge in [0.2, 0.25) is 5.65 Å². The van der Waals surface area contributed by atoms with Crippen LogP contribution in [0.5, 0.6) is 0 Å². The molecule has 8 nitrogen and oxygen atoms in total. The van der Waals surface area contributed by atoms with Crippen LogP contribution < -0.4 is 4.90 Å². The van der Waals surface area contributed by atoms with Crippen LogP contribution in [0.3, 0.4) is 0 Å². The molecule has 136 valence electrons. The van der Waals surface area contributed by atoms with Crippen molar-refractivity contribution < 1.29 is 4.79 Å². The maximum absolute atomic E-state index is 13.0. The first-order valence-electron chi connectivity index (χ1n) is 8.99. The SMILES string of the molecule is Cc1nnc2c(N3CCN(C(=O)c4c[nH]c5ccccc45)CC3)nccn12. The molecule has 1 N–H and O–H groups in total. The number of aryl methyl sites for hydroxylation is 1. The maximum Gasteiger partial charge on any atom is 0.256 e. The molecule has 4 heterocycles. The Balaban J connectivity index is 1.36. The Bertz CT molecular complexity index is 1140.